The van der Waals surface area contributed by atoms with Crippen LogP contribution in [-0.2, 0) is 25.6 Å². The van der Waals surface area contributed by atoms with Crippen molar-refractivity contribution >= 4 is 40.9 Å². The lowest BCUT2D eigenvalue weighted by atomic mass is 9.85. The number of nitrogens with one attached hydrogen (secondary N) is 3. The van der Waals surface area contributed by atoms with Gasteiger partial charge in [0.15, 0.2) is 0 Å². The fraction of sp³-hybridized carbons (Fsp3) is 0.543. The van der Waals surface area contributed by atoms with Gasteiger partial charge in [0.1, 0.15) is 18.1 Å². The number of hydrogen-bond acceptors (Lipinski definition) is 6. The van der Waals surface area contributed by atoms with Crippen LogP contribution in [0.1, 0.15) is 63.4 Å². The average molecular weight is 649 g/mol. The number of para-hydroxylation sites is 1. The summed E-state index contributed by atoms with van der Waals surface area (Å²) in [6, 6.07) is 16.3. The number of halogens is 1. The quantitative estimate of drug-likeness (QED) is 0.385. The number of amides is 4. The third kappa shape index (κ3) is 7.18. The van der Waals surface area contributed by atoms with Crippen LogP contribution in [0.2, 0.25) is 5.02 Å². The summed E-state index contributed by atoms with van der Waals surface area (Å²) < 4.78 is 0. The number of carbonyl (C=O) groups excluding carboxylic acids is 4. The minimum atomic E-state index is -0.855. The van der Waals surface area contributed by atoms with E-state index >= 15 is 0 Å². The van der Waals surface area contributed by atoms with Crippen molar-refractivity contribution in [1.82, 2.24) is 25.8 Å². The van der Waals surface area contributed by atoms with Gasteiger partial charge in [-0.3, -0.25) is 19.2 Å². The molecule has 3 N–H and O–H groups in total. The molecule has 46 heavy (non-hydrogen) atoms. The predicted octanol–water partition coefficient (Wildman–Crippen LogP) is 3.24. The fourth-order valence-electron chi connectivity index (χ4n) is 7.57. The van der Waals surface area contributed by atoms with Gasteiger partial charge in [-0.25, -0.2) is 0 Å². The Morgan fingerprint density at radius 1 is 0.935 bits per heavy atom. The largest absolute Gasteiger partial charge is 0.352 e. The maximum absolute atomic E-state index is 14.2. The second kappa shape index (κ2) is 14.4. The van der Waals surface area contributed by atoms with Crippen LogP contribution in [0.3, 0.4) is 0 Å². The van der Waals surface area contributed by atoms with Crippen LogP contribution < -0.4 is 20.9 Å². The molecule has 2 atom stereocenters. The summed E-state index contributed by atoms with van der Waals surface area (Å²) in [5.41, 5.74) is 0.966. The molecule has 3 aliphatic heterocycles. The Hall–Kier alpha value is -3.63. The van der Waals surface area contributed by atoms with Crippen molar-refractivity contribution in [1.29, 1.82) is 0 Å². The summed E-state index contributed by atoms with van der Waals surface area (Å²) >= 11 is 6.10. The summed E-state index contributed by atoms with van der Waals surface area (Å²) in [7, 11) is 0. The van der Waals surface area contributed by atoms with Crippen LogP contribution >= 0.6 is 11.6 Å². The van der Waals surface area contributed by atoms with Crippen molar-refractivity contribution in [3.05, 3.63) is 65.2 Å². The first-order chi connectivity index (χ1) is 22.3. The molecular formula is C35H45ClN6O4. The van der Waals surface area contributed by atoms with Gasteiger partial charge >= 0.3 is 0 Å². The molecule has 0 radical (unpaired) electrons. The van der Waals surface area contributed by atoms with E-state index < -0.39 is 11.6 Å². The van der Waals surface area contributed by atoms with Crippen molar-refractivity contribution in [3.8, 4) is 0 Å². The molecule has 1 aliphatic carbocycles. The van der Waals surface area contributed by atoms with E-state index in [1.54, 1.807) is 21.9 Å². The summed E-state index contributed by atoms with van der Waals surface area (Å²) in [6.45, 7) is 1.86. The Morgan fingerprint density at radius 3 is 2.33 bits per heavy atom. The number of nitrogens with zero attached hydrogens (tertiary/aromatic N) is 3. The van der Waals surface area contributed by atoms with Crippen LogP contribution in [0.15, 0.2) is 54.6 Å². The number of anilines is 1. The summed E-state index contributed by atoms with van der Waals surface area (Å²) in [6.07, 6.45) is 8.29. The molecule has 6 rings (SSSR count). The molecule has 0 aromatic heterocycles. The lowest BCUT2D eigenvalue weighted by molar-refractivity contribution is -0.141. The molecule has 4 amide bonds. The van der Waals surface area contributed by atoms with E-state index in [1.807, 2.05) is 42.5 Å². The van der Waals surface area contributed by atoms with Crippen molar-refractivity contribution in [2.45, 2.75) is 87.9 Å². The molecule has 0 bridgehead atoms. The number of piperidine rings is 1. The molecule has 1 spiro atoms. The van der Waals surface area contributed by atoms with Gasteiger partial charge in [-0.05, 0) is 74.9 Å². The molecule has 0 unspecified atom stereocenters. The lowest BCUT2D eigenvalue weighted by Gasteiger charge is -2.44. The van der Waals surface area contributed by atoms with Crippen molar-refractivity contribution in [2.75, 3.05) is 37.7 Å². The Balaban J connectivity index is 1.16. The standard InChI is InChI=1S/C35H45ClN6O4/c36-26-15-13-25(14-16-26)22-30(39-32(44)29-12-7-19-37-29)33(45)40-20-17-35(18-21-40)34(46)41(24-42(35)28-10-5-2-6-11-28)23-31(43)38-27-8-3-1-4-9-27/h2,5-6,10-11,13-16,27,29-30,37H,1,3-4,7-9,12,17-24H2,(H,38,43)(H,39,44)/t29-,30+/m0/s1. The zero-order valence-electron chi connectivity index (χ0n) is 26.4. The highest BCUT2D eigenvalue weighted by atomic mass is 35.5. The minimum absolute atomic E-state index is 0.0213. The van der Waals surface area contributed by atoms with Crippen LogP contribution in [0.25, 0.3) is 0 Å². The molecule has 3 saturated heterocycles. The third-order valence-corrected chi connectivity index (χ3v) is 10.4. The highest BCUT2D eigenvalue weighted by Crippen LogP contribution is 2.39. The van der Waals surface area contributed by atoms with Crippen molar-refractivity contribution in [3.63, 3.8) is 0 Å². The van der Waals surface area contributed by atoms with E-state index in [4.69, 9.17) is 11.6 Å². The van der Waals surface area contributed by atoms with Gasteiger partial charge in [0.05, 0.1) is 12.7 Å². The molecular weight excluding hydrogens is 604 g/mol. The first-order valence-corrected chi connectivity index (χ1v) is 17.2. The number of benzene rings is 2. The molecule has 4 fully saturated rings. The van der Waals surface area contributed by atoms with Gasteiger partial charge in [0, 0.05) is 36.3 Å². The van der Waals surface area contributed by atoms with E-state index in [0.29, 0.717) is 44.0 Å². The van der Waals surface area contributed by atoms with E-state index in [-0.39, 0.29) is 42.3 Å². The van der Waals surface area contributed by atoms with Crippen LogP contribution in [0.5, 0.6) is 0 Å². The van der Waals surface area contributed by atoms with E-state index in [1.165, 1.54) is 6.42 Å². The third-order valence-electron chi connectivity index (χ3n) is 10.1. The topological polar surface area (TPSA) is 114 Å². The first-order valence-electron chi connectivity index (χ1n) is 16.8. The molecule has 2 aromatic rings. The summed E-state index contributed by atoms with van der Waals surface area (Å²) in [5, 5.41) is 10.0. The first kappa shape index (κ1) is 32.3. The Bertz CT molecular complexity index is 1390. The second-order valence-corrected chi connectivity index (χ2v) is 13.6. The van der Waals surface area contributed by atoms with Gasteiger partial charge in [-0.1, -0.05) is 61.2 Å². The van der Waals surface area contributed by atoms with Gasteiger partial charge in [0.25, 0.3) is 5.91 Å². The van der Waals surface area contributed by atoms with Crippen LogP contribution in [0.4, 0.5) is 5.69 Å². The second-order valence-electron chi connectivity index (χ2n) is 13.2. The Kier molecular flexibility index (Phi) is 10.1. The molecule has 246 valence electrons. The Morgan fingerprint density at radius 2 is 1.65 bits per heavy atom. The monoisotopic (exact) mass is 648 g/mol. The SMILES string of the molecule is O=C(CN1CN(c2ccccc2)C2(CCN(C(=O)[C@@H](Cc3ccc(Cl)cc3)NC(=O)[C@@H]3CCCN3)CC2)C1=O)NC1CCCCC1. The molecule has 10 nitrogen and oxygen atoms in total. The zero-order chi connectivity index (χ0) is 32.1. The zero-order valence-corrected chi connectivity index (χ0v) is 27.1. The normalized spacial score (nSPS) is 22.2. The van der Waals surface area contributed by atoms with Crippen molar-refractivity contribution < 1.29 is 19.2 Å². The number of rotatable bonds is 9. The number of hydrogen-bond donors (Lipinski definition) is 3. The Labute approximate surface area is 276 Å². The van der Waals surface area contributed by atoms with Gasteiger partial charge in [-0.2, -0.15) is 0 Å². The highest BCUT2D eigenvalue weighted by Gasteiger charge is 2.54. The molecule has 11 heteroatoms. The molecule has 1 saturated carbocycles. The van der Waals surface area contributed by atoms with Crippen molar-refractivity contribution in [2.24, 2.45) is 0 Å². The summed E-state index contributed by atoms with van der Waals surface area (Å²) in [5.74, 6) is -0.505. The minimum Gasteiger partial charge on any atom is -0.352 e. The number of carbonyl (C=O) groups is 4. The smallest absolute Gasteiger partial charge is 0.250 e. The molecule has 3 heterocycles. The van der Waals surface area contributed by atoms with Crippen LogP contribution in [0, 0.1) is 0 Å². The number of likely N-dealkylation sites (tertiary alicyclic amines) is 1. The maximum atomic E-state index is 14.2. The average Bonchev–Trinajstić information content (AvgIpc) is 3.71. The summed E-state index contributed by atoms with van der Waals surface area (Å²) in [4.78, 5) is 60.0. The molecule has 2 aromatic carbocycles. The van der Waals surface area contributed by atoms with Gasteiger partial charge in [-0.15, -0.1) is 0 Å². The van der Waals surface area contributed by atoms with E-state index in [2.05, 4.69) is 20.9 Å². The van der Waals surface area contributed by atoms with Crippen LogP contribution in [-0.4, -0.2) is 89.9 Å². The predicted molar refractivity (Wildman–Crippen MR) is 177 cm³/mol. The maximum Gasteiger partial charge on any atom is 0.250 e. The van der Waals surface area contributed by atoms with E-state index in [0.717, 1.165) is 56.3 Å². The van der Waals surface area contributed by atoms with E-state index in [9.17, 15) is 19.2 Å². The van der Waals surface area contributed by atoms with Gasteiger partial charge in [0.2, 0.25) is 17.7 Å². The lowest BCUT2D eigenvalue weighted by Crippen LogP contribution is -2.60. The fourth-order valence-corrected chi connectivity index (χ4v) is 7.70. The molecule has 4 aliphatic rings. The highest BCUT2D eigenvalue weighted by molar-refractivity contribution is 6.30. The van der Waals surface area contributed by atoms with Gasteiger partial charge < -0.3 is 30.7 Å².